The Bertz CT molecular complexity index is 687. The van der Waals surface area contributed by atoms with E-state index in [0.717, 1.165) is 0 Å². The number of amides is 1. The minimum absolute atomic E-state index is 0.124. The summed E-state index contributed by atoms with van der Waals surface area (Å²) in [4.78, 5) is 23.6. The van der Waals surface area contributed by atoms with E-state index >= 15 is 0 Å². The molecular weight excluding hydrogens is 335 g/mol. The van der Waals surface area contributed by atoms with Crippen LogP contribution < -0.4 is 5.32 Å². The molecule has 23 heavy (non-hydrogen) atoms. The molecule has 2 unspecified atom stereocenters. The summed E-state index contributed by atoms with van der Waals surface area (Å²) in [5.41, 5.74) is -1.95. The average Bonchev–Trinajstić information content (AvgIpc) is 3.21. The molecule has 0 heterocycles. The Kier molecular flexibility index (Phi) is 3.59. The second-order valence-electron chi connectivity index (χ2n) is 5.94. The van der Waals surface area contributed by atoms with Gasteiger partial charge in [-0.15, -0.1) is 0 Å². The van der Waals surface area contributed by atoms with Gasteiger partial charge in [-0.2, -0.15) is 13.2 Å². The van der Waals surface area contributed by atoms with E-state index in [4.69, 9.17) is 11.6 Å². The third kappa shape index (κ3) is 2.38. The first kappa shape index (κ1) is 16.1. The van der Waals surface area contributed by atoms with Crippen molar-refractivity contribution in [2.45, 2.75) is 36.9 Å². The number of carboxylic acid groups (broad SMARTS) is 1. The van der Waals surface area contributed by atoms with E-state index in [0.29, 0.717) is 16.1 Å². The van der Waals surface area contributed by atoms with E-state index in [1.165, 1.54) is 0 Å². The molecule has 4 nitrogen and oxygen atoms in total. The molecule has 0 aromatic heterocycles. The molecule has 2 aliphatic carbocycles. The summed E-state index contributed by atoms with van der Waals surface area (Å²) in [6.07, 6.45) is -4.60. The summed E-state index contributed by atoms with van der Waals surface area (Å²) in [5.74, 6) is -4.91. The molecule has 0 saturated heterocycles. The number of halogens is 4. The number of benzene rings is 1. The zero-order valence-corrected chi connectivity index (χ0v) is 12.5. The van der Waals surface area contributed by atoms with Crippen molar-refractivity contribution in [1.29, 1.82) is 0 Å². The normalized spacial score (nSPS) is 22.5. The van der Waals surface area contributed by atoms with Gasteiger partial charge in [-0.25, -0.2) is 4.79 Å². The Morgan fingerprint density at radius 1 is 1.26 bits per heavy atom. The third-order valence-electron chi connectivity index (χ3n) is 4.55. The molecule has 8 heteroatoms. The predicted octanol–water partition coefficient (Wildman–Crippen LogP) is 2.89. The summed E-state index contributed by atoms with van der Waals surface area (Å²) in [5, 5.41) is 11.4. The van der Waals surface area contributed by atoms with Crippen molar-refractivity contribution >= 4 is 23.5 Å². The molecule has 0 radical (unpaired) electrons. The summed E-state index contributed by atoms with van der Waals surface area (Å²) in [6.45, 7) is 0. The van der Waals surface area contributed by atoms with Crippen LogP contribution >= 0.6 is 11.6 Å². The van der Waals surface area contributed by atoms with Gasteiger partial charge < -0.3 is 10.4 Å². The van der Waals surface area contributed by atoms with Crippen LogP contribution in [0.25, 0.3) is 0 Å². The molecule has 1 saturated carbocycles. The maximum Gasteiger partial charge on any atom is 0.422 e. The van der Waals surface area contributed by atoms with Crippen LogP contribution in [-0.4, -0.2) is 28.7 Å². The molecule has 1 aromatic carbocycles. The number of fused-ring (bicyclic) bond motifs is 1. The fraction of sp³-hybridized carbons (Fsp3) is 0.467. The molecule has 3 rings (SSSR count). The average molecular weight is 348 g/mol. The van der Waals surface area contributed by atoms with Gasteiger partial charge in [0.2, 0.25) is 11.4 Å². The van der Waals surface area contributed by atoms with E-state index < -0.39 is 35.4 Å². The van der Waals surface area contributed by atoms with Gasteiger partial charge in [-0.05, 0) is 36.5 Å². The fourth-order valence-electron chi connectivity index (χ4n) is 3.09. The Balaban J connectivity index is 1.87. The van der Waals surface area contributed by atoms with Crippen molar-refractivity contribution in [3.63, 3.8) is 0 Å². The maximum absolute atomic E-state index is 13.4. The summed E-state index contributed by atoms with van der Waals surface area (Å²) in [7, 11) is 0. The van der Waals surface area contributed by atoms with Gasteiger partial charge in [0.15, 0.2) is 0 Å². The van der Waals surface area contributed by atoms with E-state index in [2.05, 4.69) is 0 Å². The maximum atomic E-state index is 13.4. The lowest BCUT2D eigenvalue weighted by Gasteiger charge is -2.36. The molecule has 124 valence electrons. The second kappa shape index (κ2) is 5.12. The molecule has 1 amide bonds. The number of alkyl halides is 3. The highest BCUT2D eigenvalue weighted by Crippen LogP contribution is 2.49. The minimum Gasteiger partial charge on any atom is -0.479 e. The lowest BCUT2D eigenvalue weighted by molar-refractivity contribution is -0.216. The number of carbonyl (C=O) groups is 2. The Hall–Kier alpha value is -1.76. The first-order valence-corrected chi connectivity index (χ1v) is 7.45. The van der Waals surface area contributed by atoms with Crippen molar-refractivity contribution < 1.29 is 27.9 Å². The van der Waals surface area contributed by atoms with Crippen molar-refractivity contribution in [1.82, 2.24) is 5.32 Å². The molecule has 1 fully saturated rings. The van der Waals surface area contributed by atoms with Crippen LogP contribution in [0.2, 0.25) is 5.02 Å². The third-order valence-corrected chi connectivity index (χ3v) is 4.90. The number of carbonyl (C=O) groups excluding carboxylic acids is 1. The van der Waals surface area contributed by atoms with Crippen molar-refractivity contribution in [3.8, 4) is 0 Å². The van der Waals surface area contributed by atoms with Crippen LogP contribution in [0.1, 0.15) is 29.9 Å². The molecule has 0 aliphatic heterocycles. The standard InChI is InChI=1S/C15H13ClF3NO3/c16-11-3-1-2-8-9(11)6-10(8)12(21)20-14(13(22)23,7-4-5-7)15(17,18)19/h1-3,7,10H,4-6H2,(H,20,21)(H,22,23). The lowest BCUT2D eigenvalue weighted by Crippen LogP contribution is -2.66. The van der Waals surface area contributed by atoms with Crippen molar-refractivity contribution in [2.24, 2.45) is 5.92 Å². The highest BCUT2D eigenvalue weighted by Gasteiger charge is 2.69. The molecule has 1 aromatic rings. The highest BCUT2D eigenvalue weighted by atomic mass is 35.5. The van der Waals surface area contributed by atoms with Crippen molar-refractivity contribution in [2.75, 3.05) is 0 Å². The van der Waals surface area contributed by atoms with Gasteiger partial charge in [-0.1, -0.05) is 23.7 Å². The fourth-order valence-corrected chi connectivity index (χ4v) is 3.34. The molecule has 2 aliphatic rings. The van der Waals surface area contributed by atoms with Crippen LogP contribution in [0, 0.1) is 5.92 Å². The van der Waals surface area contributed by atoms with E-state index in [9.17, 15) is 27.9 Å². The van der Waals surface area contributed by atoms with Crippen LogP contribution in [0.5, 0.6) is 0 Å². The van der Waals surface area contributed by atoms with E-state index in [1.54, 1.807) is 23.5 Å². The van der Waals surface area contributed by atoms with Crippen LogP contribution in [0.15, 0.2) is 18.2 Å². The molecule has 0 spiro atoms. The molecule has 2 N–H and O–H groups in total. The van der Waals surface area contributed by atoms with Crippen LogP contribution in [0.3, 0.4) is 0 Å². The minimum atomic E-state index is -5.06. The number of carboxylic acids is 1. The Morgan fingerprint density at radius 2 is 1.91 bits per heavy atom. The van der Waals surface area contributed by atoms with Crippen LogP contribution in [-0.2, 0) is 16.0 Å². The van der Waals surface area contributed by atoms with E-state index in [1.807, 2.05) is 0 Å². The van der Waals surface area contributed by atoms with Crippen LogP contribution in [0.4, 0.5) is 13.2 Å². The lowest BCUT2D eigenvalue weighted by atomic mass is 9.76. The van der Waals surface area contributed by atoms with Gasteiger partial charge in [0.1, 0.15) is 0 Å². The predicted molar refractivity (Wildman–Crippen MR) is 75.2 cm³/mol. The zero-order chi connectivity index (χ0) is 17.0. The molecule has 2 atom stereocenters. The van der Waals surface area contributed by atoms with Crippen molar-refractivity contribution in [3.05, 3.63) is 34.3 Å². The highest BCUT2D eigenvalue weighted by molar-refractivity contribution is 6.31. The van der Waals surface area contributed by atoms with Gasteiger partial charge >= 0.3 is 12.1 Å². The molecule has 0 bridgehead atoms. The van der Waals surface area contributed by atoms with Gasteiger partial charge in [0.05, 0.1) is 5.92 Å². The monoisotopic (exact) mass is 347 g/mol. The first-order valence-electron chi connectivity index (χ1n) is 7.08. The van der Waals surface area contributed by atoms with Gasteiger partial charge in [0, 0.05) is 10.9 Å². The second-order valence-corrected chi connectivity index (χ2v) is 6.35. The number of hydrogen-bond acceptors (Lipinski definition) is 2. The Morgan fingerprint density at radius 3 is 2.43 bits per heavy atom. The Labute approximate surface area is 134 Å². The van der Waals surface area contributed by atoms with Gasteiger partial charge in [0.25, 0.3) is 0 Å². The number of rotatable bonds is 4. The summed E-state index contributed by atoms with van der Waals surface area (Å²) >= 11 is 5.95. The number of nitrogens with one attached hydrogen (secondary N) is 1. The molecular formula is C15H13ClF3NO3. The summed E-state index contributed by atoms with van der Waals surface area (Å²) < 4.78 is 40.2. The number of aliphatic carboxylic acids is 1. The smallest absolute Gasteiger partial charge is 0.422 e. The zero-order valence-electron chi connectivity index (χ0n) is 11.8. The quantitative estimate of drug-likeness (QED) is 0.880. The topological polar surface area (TPSA) is 66.4 Å². The largest absolute Gasteiger partial charge is 0.479 e. The summed E-state index contributed by atoms with van der Waals surface area (Å²) in [6, 6.07) is 4.85. The van der Waals surface area contributed by atoms with Gasteiger partial charge in [-0.3, -0.25) is 4.79 Å². The van der Waals surface area contributed by atoms with E-state index in [-0.39, 0.29) is 19.3 Å². The first-order chi connectivity index (χ1) is 10.7. The number of hydrogen-bond donors (Lipinski definition) is 2. The SMILES string of the molecule is O=C(NC(C(=O)O)(C1CC1)C(F)(F)F)C1Cc2c(Cl)cccc21.